The molecule has 4 heteroatoms. The highest BCUT2D eigenvalue weighted by atomic mass is 16.4. The summed E-state index contributed by atoms with van der Waals surface area (Å²) in [5.41, 5.74) is 1.39. The number of hydrogen-bond donors (Lipinski definition) is 3. The third-order valence-corrected chi connectivity index (χ3v) is 5.82. The number of fused-ring (bicyclic) bond motifs is 1. The van der Waals surface area contributed by atoms with Crippen LogP contribution in [-0.2, 0) is 4.79 Å². The summed E-state index contributed by atoms with van der Waals surface area (Å²) in [5, 5.41) is 29.1. The Bertz CT molecular complexity index is 542. The Balaban J connectivity index is 1.82. The second-order valence-electron chi connectivity index (χ2n) is 7.96. The molecule has 0 radical (unpaired) electrons. The van der Waals surface area contributed by atoms with Crippen LogP contribution in [0, 0.1) is 29.6 Å². The zero-order chi connectivity index (χ0) is 18.9. The lowest BCUT2D eigenvalue weighted by molar-refractivity contribution is -0.137. The first-order chi connectivity index (χ1) is 12.5. The highest BCUT2D eigenvalue weighted by Crippen LogP contribution is 2.49. The smallest absolute Gasteiger partial charge is 0.303 e. The molecule has 2 fully saturated rings. The van der Waals surface area contributed by atoms with Gasteiger partial charge in [-0.25, -0.2) is 0 Å². The molecular weight excluding hydrogens is 328 g/mol. The third kappa shape index (κ3) is 6.45. The molecule has 0 bridgehead atoms. The van der Waals surface area contributed by atoms with E-state index in [1.54, 1.807) is 0 Å². The molecule has 0 heterocycles. The van der Waals surface area contributed by atoms with Crippen LogP contribution < -0.4 is 0 Å². The average Bonchev–Trinajstić information content (AvgIpc) is 3.10. The number of hydrogen-bond acceptors (Lipinski definition) is 3. The van der Waals surface area contributed by atoms with Crippen molar-refractivity contribution in [1.29, 1.82) is 0 Å². The first-order valence-corrected chi connectivity index (χ1v) is 10.3. The first kappa shape index (κ1) is 21.0. The summed E-state index contributed by atoms with van der Waals surface area (Å²) in [6.07, 6.45) is 11.0. The molecule has 0 aliphatic heterocycles. The minimum atomic E-state index is -0.738. The maximum Gasteiger partial charge on any atom is 0.303 e. The van der Waals surface area contributed by atoms with E-state index >= 15 is 0 Å². The minimum absolute atomic E-state index is 0.0322. The van der Waals surface area contributed by atoms with Crippen LogP contribution in [0.3, 0.4) is 0 Å². The van der Waals surface area contributed by atoms with Crippen molar-refractivity contribution >= 4 is 5.97 Å². The molecule has 1 unspecified atom stereocenters. The molecular formula is C22H34O4. The van der Waals surface area contributed by atoms with Crippen LogP contribution in [-0.4, -0.2) is 33.5 Å². The van der Waals surface area contributed by atoms with Crippen molar-refractivity contribution in [2.24, 2.45) is 17.8 Å². The number of aliphatic hydroxyl groups excluding tert-OH is 2. The molecule has 0 aromatic heterocycles. The molecule has 2 aliphatic rings. The molecule has 146 valence electrons. The lowest BCUT2D eigenvalue weighted by Crippen LogP contribution is -2.18. The molecule has 2 saturated carbocycles. The third-order valence-electron chi connectivity index (χ3n) is 5.82. The van der Waals surface area contributed by atoms with Crippen molar-refractivity contribution in [2.45, 2.75) is 89.8 Å². The van der Waals surface area contributed by atoms with Crippen LogP contribution in [0.4, 0.5) is 0 Å². The number of aliphatic hydroxyl groups is 2. The van der Waals surface area contributed by atoms with Gasteiger partial charge in [-0.2, -0.15) is 0 Å². The number of carboxylic acids is 1. The fourth-order valence-electron chi connectivity index (χ4n) is 4.42. The van der Waals surface area contributed by atoms with Gasteiger partial charge in [0, 0.05) is 12.3 Å². The van der Waals surface area contributed by atoms with Crippen molar-refractivity contribution in [1.82, 2.24) is 0 Å². The van der Waals surface area contributed by atoms with Gasteiger partial charge in [-0.05, 0) is 56.8 Å². The largest absolute Gasteiger partial charge is 0.481 e. The van der Waals surface area contributed by atoms with E-state index in [2.05, 4.69) is 24.8 Å². The Hall–Kier alpha value is -1.31. The zero-order valence-corrected chi connectivity index (χ0v) is 16.0. The van der Waals surface area contributed by atoms with Crippen LogP contribution in [0.15, 0.2) is 11.6 Å². The Labute approximate surface area is 157 Å². The van der Waals surface area contributed by atoms with Gasteiger partial charge in [0.15, 0.2) is 0 Å². The molecule has 3 N–H and O–H groups in total. The van der Waals surface area contributed by atoms with Crippen LogP contribution >= 0.6 is 0 Å². The maximum absolute atomic E-state index is 10.6. The second-order valence-corrected chi connectivity index (χ2v) is 7.96. The fourth-order valence-corrected chi connectivity index (χ4v) is 4.42. The molecule has 2 rings (SSSR count). The Kier molecular flexibility index (Phi) is 8.68. The summed E-state index contributed by atoms with van der Waals surface area (Å²) in [7, 11) is 0. The van der Waals surface area contributed by atoms with Crippen molar-refractivity contribution in [3.8, 4) is 11.8 Å². The van der Waals surface area contributed by atoms with Crippen LogP contribution in [0.25, 0.3) is 0 Å². The van der Waals surface area contributed by atoms with E-state index in [0.717, 1.165) is 44.9 Å². The average molecular weight is 363 g/mol. The number of aliphatic carboxylic acids is 1. The van der Waals surface area contributed by atoms with E-state index in [1.165, 1.54) is 18.4 Å². The number of unbranched alkanes of at least 4 members (excludes halogenated alkanes) is 4. The van der Waals surface area contributed by atoms with Crippen molar-refractivity contribution in [3.63, 3.8) is 0 Å². The molecule has 0 amide bonds. The van der Waals surface area contributed by atoms with Gasteiger partial charge in [0.2, 0.25) is 0 Å². The van der Waals surface area contributed by atoms with E-state index in [9.17, 15) is 15.0 Å². The van der Waals surface area contributed by atoms with Gasteiger partial charge in [0.05, 0.1) is 6.10 Å². The van der Waals surface area contributed by atoms with Gasteiger partial charge in [-0.1, -0.05) is 49.7 Å². The predicted molar refractivity (Wildman–Crippen MR) is 102 cm³/mol. The highest BCUT2D eigenvalue weighted by Gasteiger charge is 2.45. The second kappa shape index (κ2) is 10.7. The standard InChI is InChI=1S/C22H34O4/c1-2-3-4-5-9-18(23)11-12-19-20-14-16(8-6-7-10-22(25)26)13-17(20)15-21(19)24/h8,17-21,23-24H,2-7,9-10,13-15H2,1H3,(H,25,26)/b16-8-/t17-,18-,19?,20-,21+/m0/s1. The predicted octanol–water partition coefficient (Wildman–Crippen LogP) is 3.91. The molecule has 2 aliphatic carbocycles. The molecule has 0 spiro atoms. The maximum atomic E-state index is 10.6. The topological polar surface area (TPSA) is 77.8 Å². The van der Waals surface area contributed by atoms with E-state index < -0.39 is 12.1 Å². The first-order valence-electron chi connectivity index (χ1n) is 10.3. The fraction of sp³-hybridized carbons (Fsp3) is 0.773. The highest BCUT2D eigenvalue weighted by molar-refractivity contribution is 5.66. The molecule has 5 atom stereocenters. The summed E-state index contributed by atoms with van der Waals surface area (Å²) >= 11 is 0. The zero-order valence-electron chi connectivity index (χ0n) is 16.0. The van der Waals surface area contributed by atoms with Gasteiger partial charge >= 0.3 is 5.97 Å². The van der Waals surface area contributed by atoms with E-state index in [-0.39, 0.29) is 18.4 Å². The van der Waals surface area contributed by atoms with Crippen molar-refractivity contribution in [2.75, 3.05) is 0 Å². The Morgan fingerprint density at radius 2 is 2.08 bits per heavy atom. The number of rotatable bonds is 9. The van der Waals surface area contributed by atoms with E-state index in [1.807, 2.05) is 0 Å². The Morgan fingerprint density at radius 3 is 2.81 bits per heavy atom. The molecule has 0 aromatic carbocycles. The SMILES string of the molecule is CCCCCC[C@H](O)C#CC1[C@H](O)C[C@@H]2C/C(=C/CCCC(=O)O)C[C@H]12. The monoisotopic (exact) mass is 362 g/mol. The van der Waals surface area contributed by atoms with E-state index in [4.69, 9.17) is 5.11 Å². The van der Waals surface area contributed by atoms with Gasteiger partial charge in [0.25, 0.3) is 0 Å². The summed E-state index contributed by atoms with van der Waals surface area (Å²) < 4.78 is 0. The molecule has 0 saturated heterocycles. The summed E-state index contributed by atoms with van der Waals surface area (Å²) in [4.78, 5) is 10.6. The van der Waals surface area contributed by atoms with Gasteiger partial charge < -0.3 is 15.3 Å². The van der Waals surface area contributed by atoms with Crippen LogP contribution in [0.1, 0.15) is 77.6 Å². The lowest BCUT2D eigenvalue weighted by Gasteiger charge is -2.15. The summed E-state index contributed by atoms with van der Waals surface area (Å²) in [6, 6.07) is 0. The summed E-state index contributed by atoms with van der Waals surface area (Å²) in [5.74, 6) is 6.27. The number of carbonyl (C=O) groups is 1. The number of carboxylic acid groups (broad SMARTS) is 1. The number of allylic oxidation sites excluding steroid dienone is 2. The Morgan fingerprint density at radius 1 is 1.27 bits per heavy atom. The van der Waals surface area contributed by atoms with Crippen molar-refractivity contribution in [3.05, 3.63) is 11.6 Å². The normalized spacial score (nSPS) is 30.0. The summed E-state index contributed by atoms with van der Waals surface area (Å²) in [6.45, 7) is 2.17. The molecule has 26 heavy (non-hydrogen) atoms. The van der Waals surface area contributed by atoms with Crippen LogP contribution in [0.5, 0.6) is 0 Å². The van der Waals surface area contributed by atoms with Crippen molar-refractivity contribution < 1.29 is 20.1 Å². The van der Waals surface area contributed by atoms with Crippen LogP contribution in [0.2, 0.25) is 0 Å². The molecule has 0 aromatic rings. The van der Waals surface area contributed by atoms with E-state index in [0.29, 0.717) is 18.3 Å². The van der Waals surface area contributed by atoms with Gasteiger partial charge in [-0.15, -0.1) is 0 Å². The van der Waals surface area contributed by atoms with Gasteiger partial charge in [-0.3, -0.25) is 4.79 Å². The lowest BCUT2D eigenvalue weighted by atomic mass is 9.91. The molecule has 4 nitrogen and oxygen atoms in total. The minimum Gasteiger partial charge on any atom is -0.481 e. The van der Waals surface area contributed by atoms with Gasteiger partial charge in [0.1, 0.15) is 6.10 Å². The quantitative estimate of drug-likeness (QED) is 0.330.